The SMILES string of the molecule is Cc1cncc(-c2cc3c(cn2)cnn3-c2cccc(F)n2)n1. The summed E-state index contributed by atoms with van der Waals surface area (Å²) >= 11 is 0. The average molecular weight is 306 g/mol. The molecule has 0 aliphatic rings. The van der Waals surface area contributed by atoms with Crippen molar-refractivity contribution in [3.05, 3.63) is 60.7 Å². The predicted octanol–water partition coefficient (Wildman–Crippen LogP) is 2.72. The predicted molar refractivity (Wildman–Crippen MR) is 82.4 cm³/mol. The zero-order valence-corrected chi connectivity index (χ0v) is 12.2. The molecule has 0 saturated carbocycles. The third kappa shape index (κ3) is 2.42. The fraction of sp³-hybridized carbons (Fsp3) is 0.0625. The van der Waals surface area contributed by atoms with Crippen LogP contribution in [0.5, 0.6) is 0 Å². The van der Waals surface area contributed by atoms with Crippen LogP contribution in [-0.2, 0) is 0 Å². The summed E-state index contributed by atoms with van der Waals surface area (Å²) in [6.45, 7) is 1.87. The topological polar surface area (TPSA) is 69.4 Å². The van der Waals surface area contributed by atoms with Crippen LogP contribution in [0.1, 0.15) is 5.69 Å². The van der Waals surface area contributed by atoms with Crippen molar-refractivity contribution in [1.29, 1.82) is 0 Å². The number of nitrogens with zero attached hydrogens (tertiary/aromatic N) is 6. The Bertz CT molecular complexity index is 1010. The molecule has 7 heteroatoms. The van der Waals surface area contributed by atoms with Crippen LogP contribution >= 0.6 is 0 Å². The minimum absolute atomic E-state index is 0.410. The molecular weight excluding hydrogens is 295 g/mol. The van der Waals surface area contributed by atoms with Gasteiger partial charge in [0, 0.05) is 17.8 Å². The third-order valence-corrected chi connectivity index (χ3v) is 3.39. The zero-order chi connectivity index (χ0) is 15.8. The molecule has 23 heavy (non-hydrogen) atoms. The molecule has 4 aromatic rings. The largest absolute Gasteiger partial charge is 0.261 e. The van der Waals surface area contributed by atoms with Gasteiger partial charge in [-0.3, -0.25) is 9.97 Å². The fourth-order valence-electron chi connectivity index (χ4n) is 2.35. The van der Waals surface area contributed by atoms with Crippen molar-refractivity contribution in [2.24, 2.45) is 0 Å². The van der Waals surface area contributed by atoms with Crippen LogP contribution in [-0.4, -0.2) is 29.7 Å². The molecule has 0 aliphatic carbocycles. The van der Waals surface area contributed by atoms with Crippen molar-refractivity contribution in [2.75, 3.05) is 0 Å². The van der Waals surface area contributed by atoms with E-state index in [0.29, 0.717) is 17.2 Å². The molecular formula is C16H11FN6. The minimum Gasteiger partial charge on any atom is -0.261 e. The van der Waals surface area contributed by atoms with Crippen LogP contribution in [0.3, 0.4) is 0 Å². The Labute approximate surface area is 130 Å². The van der Waals surface area contributed by atoms with E-state index < -0.39 is 5.95 Å². The van der Waals surface area contributed by atoms with E-state index in [-0.39, 0.29) is 0 Å². The van der Waals surface area contributed by atoms with Gasteiger partial charge in [0.15, 0.2) is 5.82 Å². The van der Waals surface area contributed by atoms with Crippen molar-refractivity contribution >= 4 is 10.9 Å². The Kier molecular flexibility index (Phi) is 3.04. The molecule has 4 heterocycles. The lowest BCUT2D eigenvalue weighted by atomic mass is 10.2. The second kappa shape index (κ2) is 5.20. The van der Waals surface area contributed by atoms with Crippen LogP contribution in [0, 0.1) is 12.9 Å². The third-order valence-electron chi connectivity index (χ3n) is 3.39. The Morgan fingerprint density at radius 1 is 1.00 bits per heavy atom. The van der Waals surface area contributed by atoms with E-state index in [1.807, 2.05) is 13.0 Å². The molecule has 6 nitrogen and oxygen atoms in total. The molecule has 112 valence electrons. The van der Waals surface area contributed by atoms with Gasteiger partial charge in [0.05, 0.1) is 29.3 Å². The van der Waals surface area contributed by atoms with Crippen LogP contribution in [0.4, 0.5) is 4.39 Å². The molecule has 0 fully saturated rings. The second-order valence-electron chi connectivity index (χ2n) is 5.05. The Morgan fingerprint density at radius 2 is 1.91 bits per heavy atom. The first-order valence-electron chi connectivity index (χ1n) is 6.96. The van der Waals surface area contributed by atoms with Gasteiger partial charge in [-0.05, 0) is 25.1 Å². The Balaban J connectivity index is 1.90. The molecule has 0 aromatic carbocycles. The van der Waals surface area contributed by atoms with Crippen molar-refractivity contribution < 1.29 is 4.39 Å². The monoisotopic (exact) mass is 306 g/mol. The fourth-order valence-corrected chi connectivity index (χ4v) is 2.35. The smallest absolute Gasteiger partial charge is 0.214 e. The first-order chi connectivity index (χ1) is 11.2. The summed E-state index contributed by atoms with van der Waals surface area (Å²) in [5.74, 6) is -0.141. The standard InChI is InChI=1S/C16H11FN6/c1-10-6-18-9-13(21-10)12-5-14-11(7-19-12)8-20-23(14)16-4-2-3-15(17)22-16/h2-9H,1H3. The highest BCUT2D eigenvalue weighted by molar-refractivity contribution is 5.82. The van der Waals surface area contributed by atoms with E-state index in [1.54, 1.807) is 41.6 Å². The maximum Gasteiger partial charge on any atom is 0.214 e. The number of aromatic nitrogens is 6. The number of rotatable bonds is 2. The summed E-state index contributed by atoms with van der Waals surface area (Å²) in [6.07, 6.45) is 6.71. The number of halogens is 1. The lowest BCUT2D eigenvalue weighted by Gasteiger charge is -2.04. The van der Waals surface area contributed by atoms with Gasteiger partial charge in [-0.25, -0.2) is 14.6 Å². The molecule has 0 atom stereocenters. The van der Waals surface area contributed by atoms with Gasteiger partial charge in [-0.2, -0.15) is 9.49 Å². The maximum absolute atomic E-state index is 13.4. The molecule has 4 aromatic heterocycles. The van der Waals surface area contributed by atoms with Crippen molar-refractivity contribution in [3.63, 3.8) is 0 Å². The lowest BCUT2D eigenvalue weighted by molar-refractivity contribution is 0.578. The summed E-state index contributed by atoms with van der Waals surface area (Å²) in [7, 11) is 0. The highest BCUT2D eigenvalue weighted by atomic mass is 19.1. The van der Waals surface area contributed by atoms with E-state index in [2.05, 4.69) is 25.0 Å². The molecule has 0 amide bonds. The number of hydrogen-bond donors (Lipinski definition) is 0. The van der Waals surface area contributed by atoms with Gasteiger partial charge in [0.2, 0.25) is 5.95 Å². The maximum atomic E-state index is 13.4. The summed E-state index contributed by atoms with van der Waals surface area (Å²) in [6, 6.07) is 6.43. The van der Waals surface area contributed by atoms with Crippen LogP contribution < -0.4 is 0 Å². The van der Waals surface area contributed by atoms with Crippen molar-refractivity contribution in [1.82, 2.24) is 29.7 Å². The highest BCUT2D eigenvalue weighted by Crippen LogP contribution is 2.22. The van der Waals surface area contributed by atoms with Gasteiger partial charge >= 0.3 is 0 Å². The molecule has 0 saturated heterocycles. The molecule has 0 unspecified atom stereocenters. The molecule has 0 aliphatic heterocycles. The van der Waals surface area contributed by atoms with Crippen LogP contribution in [0.25, 0.3) is 28.1 Å². The zero-order valence-electron chi connectivity index (χ0n) is 12.2. The minimum atomic E-state index is -0.551. The molecule has 0 bridgehead atoms. The summed E-state index contributed by atoms with van der Waals surface area (Å²) in [5, 5.41) is 5.10. The lowest BCUT2D eigenvalue weighted by Crippen LogP contribution is -2.01. The summed E-state index contributed by atoms with van der Waals surface area (Å²) in [5.41, 5.74) is 2.93. The normalized spacial score (nSPS) is 11.0. The van der Waals surface area contributed by atoms with Crippen LogP contribution in [0.15, 0.2) is 49.1 Å². The number of hydrogen-bond acceptors (Lipinski definition) is 5. The van der Waals surface area contributed by atoms with E-state index in [1.165, 1.54) is 6.07 Å². The van der Waals surface area contributed by atoms with Gasteiger partial charge in [-0.1, -0.05) is 6.07 Å². The Hall–Kier alpha value is -3.22. The molecule has 4 rings (SSSR count). The van der Waals surface area contributed by atoms with Gasteiger partial charge in [-0.15, -0.1) is 0 Å². The van der Waals surface area contributed by atoms with Gasteiger partial charge in [0.1, 0.15) is 5.69 Å². The Morgan fingerprint density at radius 3 is 2.74 bits per heavy atom. The summed E-state index contributed by atoms with van der Waals surface area (Å²) < 4.78 is 14.9. The molecule has 0 spiro atoms. The first kappa shape index (κ1) is 13.4. The van der Waals surface area contributed by atoms with E-state index >= 15 is 0 Å². The number of fused-ring (bicyclic) bond motifs is 1. The van der Waals surface area contributed by atoms with E-state index in [0.717, 1.165) is 16.6 Å². The van der Waals surface area contributed by atoms with Gasteiger partial charge in [0.25, 0.3) is 0 Å². The van der Waals surface area contributed by atoms with Crippen molar-refractivity contribution in [2.45, 2.75) is 6.92 Å². The number of pyridine rings is 2. The highest BCUT2D eigenvalue weighted by Gasteiger charge is 2.10. The first-order valence-corrected chi connectivity index (χ1v) is 6.96. The van der Waals surface area contributed by atoms with Crippen LogP contribution in [0.2, 0.25) is 0 Å². The quantitative estimate of drug-likeness (QED) is 0.533. The van der Waals surface area contributed by atoms with E-state index in [9.17, 15) is 4.39 Å². The average Bonchev–Trinajstić information content (AvgIpc) is 2.98. The number of aryl methyl sites for hydroxylation is 1. The van der Waals surface area contributed by atoms with E-state index in [4.69, 9.17) is 0 Å². The molecule has 0 radical (unpaired) electrons. The molecule has 0 N–H and O–H groups in total. The summed E-state index contributed by atoms with van der Waals surface area (Å²) in [4.78, 5) is 16.8. The second-order valence-corrected chi connectivity index (χ2v) is 5.05. The van der Waals surface area contributed by atoms with Gasteiger partial charge < -0.3 is 0 Å². The van der Waals surface area contributed by atoms with Crippen molar-refractivity contribution in [3.8, 4) is 17.2 Å².